The average Bonchev–Trinajstić information content (AvgIpc) is 2.36. The third-order valence-electron chi connectivity index (χ3n) is 4.05. The summed E-state index contributed by atoms with van der Waals surface area (Å²) in [5.74, 6) is -0.0111. The van der Waals surface area contributed by atoms with E-state index in [4.69, 9.17) is 5.11 Å². The predicted molar refractivity (Wildman–Crippen MR) is 74.8 cm³/mol. The smallest absolute Gasteiger partial charge is 0.305 e. The van der Waals surface area contributed by atoms with Crippen LogP contribution in [0.25, 0.3) is 0 Å². The molecule has 0 radical (unpaired) electrons. The van der Waals surface area contributed by atoms with Gasteiger partial charge in [0.05, 0.1) is 6.42 Å². The fourth-order valence-electron chi connectivity index (χ4n) is 2.73. The molecule has 0 aliphatic heterocycles. The molecule has 1 saturated carbocycles. The molecular formula is C15H27NO3. The van der Waals surface area contributed by atoms with Gasteiger partial charge in [-0.05, 0) is 18.3 Å². The monoisotopic (exact) mass is 269 g/mol. The summed E-state index contributed by atoms with van der Waals surface area (Å²) >= 11 is 0. The maximum Gasteiger partial charge on any atom is 0.305 e. The van der Waals surface area contributed by atoms with Gasteiger partial charge in [0.1, 0.15) is 0 Å². The molecule has 1 fully saturated rings. The lowest BCUT2D eigenvalue weighted by Gasteiger charge is -2.23. The summed E-state index contributed by atoms with van der Waals surface area (Å²) in [6.07, 6.45) is 7.90. The molecule has 4 nitrogen and oxygen atoms in total. The molecule has 0 aromatic heterocycles. The zero-order valence-electron chi connectivity index (χ0n) is 12.2. The topological polar surface area (TPSA) is 66.4 Å². The molecular weight excluding hydrogens is 242 g/mol. The van der Waals surface area contributed by atoms with Crippen molar-refractivity contribution < 1.29 is 14.7 Å². The SMILES string of the molecule is CC(C)C(CC(=O)O)NC(=O)CCC1CCCCC1. The number of nitrogens with one attached hydrogen (secondary N) is 1. The van der Waals surface area contributed by atoms with Crippen LogP contribution in [0.1, 0.15) is 65.2 Å². The maximum absolute atomic E-state index is 11.9. The van der Waals surface area contributed by atoms with Crippen molar-refractivity contribution in [2.75, 3.05) is 0 Å². The molecule has 0 aromatic carbocycles. The number of amides is 1. The fourth-order valence-corrected chi connectivity index (χ4v) is 2.73. The minimum absolute atomic E-state index is 0.00511. The molecule has 1 rings (SSSR count). The zero-order valence-corrected chi connectivity index (χ0v) is 12.2. The zero-order chi connectivity index (χ0) is 14.3. The van der Waals surface area contributed by atoms with E-state index < -0.39 is 5.97 Å². The number of carboxylic acids is 1. The minimum atomic E-state index is -0.855. The summed E-state index contributed by atoms with van der Waals surface area (Å²) in [5.41, 5.74) is 0. The second-order valence-corrected chi connectivity index (χ2v) is 6.06. The van der Waals surface area contributed by atoms with Crippen LogP contribution in [0, 0.1) is 11.8 Å². The third-order valence-corrected chi connectivity index (χ3v) is 4.05. The van der Waals surface area contributed by atoms with Gasteiger partial charge in [0, 0.05) is 12.5 Å². The summed E-state index contributed by atoms with van der Waals surface area (Å²) < 4.78 is 0. The Kier molecular flexibility index (Phi) is 6.89. The Labute approximate surface area is 116 Å². The highest BCUT2D eigenvalue weighted by atomic mass is 16.4. The van der Waals surface area contributed by atoms with E-state index >= 15 is 0 Å². The van der Waals surface area contributed by atoms with Crippen LogP contribution in [0.4, 0.5) is 0 Å². The van der Waals surface area contributed by atoms with Crippen LogP contribution in [0.2, 0.25) is 0 Å². The van der Waals surface area contributed by atoms with Gasteiger partial charge in [0.25, 0.3) is 0 Å². The molecule has 1 atom stereocenters. The average molecular weight is 269 g/mol. The van der Waals surface area contributed by atoms with Gasteiger partial charge in [-0.3, -0.25) is 9.59 Å². The maximum atomic E-state index is 11.9. The molecule has 4 heteroatoms. The first kappa shape index (κ1) is 16.0. The molecule has 19 heavy (non-hydrogen) atoms. The molecule has 110 valence electrons. The largest absolute Gasteiger partial charge is 0.481 e. The molecule has 0 saturated heterocycles. The third kappa shape index (κ3) is 6.60. The van der Waals surface area contributed by atoms with Crippen LogP contribution in [0.5, 0.6) is 0 Å². The van der Waals surface area contributed by atoms with Crippen LogP contribution in [0.15, 0.2) is 0 Å². The van der Waals surface area contributed by atoms with Gasteiger partial charge in [-0.25, -0.2) is 0 Å². The molecule has 1 aliphatic carbocycles. The summed E-state index contributed by atoms with van der Waals surface area (Å²) in [6, 6.07) is -0.253. The van der Waals surface area contributed by atoms with E-state index in [0.29, 0.717) is 12.3 Å². The van der Waals surface area contributed by atoms with Crippen molar-refractivity contribution in [2.45, 2.75) is 71.3 Å². The summed E-state index contributed by atoms with van der Waals surface area (Å²) in [7, 11) is 0. The highest BCUT2D eigenvalue weighted by Crippen LogP contribution is 2.27. The molecule has 0 heterocycles. The van der Waals surface area contributed by atoms with Crippen molar-refractivity contribution in [1.82, 2.24) is 5.32 Å². The molecule has 0 bridgehead atoms. The lowest BCUT2D eigenvalue weighted by atomic mass is 9.86. The Morgan fingerprint density at radius 3 is 2.37 bits per heavy atom. The molecule has 0 spiro atoms. The summed E-state index contributed by atoms with van der Waals surface area (Å²) in [4.78, 5) is 22.6. The second kappa shape index (κ2) is 8.18. The van der Waals surface area contributed by atoms with Crippen LogP contribution < -0.4 is 5.32 Å². The van der Waals surface area contributed by atoms with E-state index in [9.17, 15) is 9.59 Å². The van der Waals surface area contributed by atoms with Crippen LogP contribution in [-0.4, -0.2) is 23.0 Å². The number of carbonyl (C=O) groups excluding carboxylic acids is 1. The van der Waals surface area contributed by atoms with E-state index in [0.717, 1.165) is 6.42 Å². The van der Waals surface area contributed by atoms with E-state index in [1.807, 2.05) is 13.8 Å². The van der Waals surface area contributed by atoms with Crippen molar-refractivity contribution in [1.29, 1.82) is 0 Å². The van der Waals surface area contributed by atoms with Crippen LogP contribution in [-0.2, 0) is 9.59 Å². The lowest BCUT2D eigenvalue weighted by molar-refractivity contribution is -0.138. The van der Waals surface area contributed by atoms with Gasteiger partial charge in [-0.2, -0.15) is 0 Å². The van der Waals surface area contributed by atoms with Crippen molar-refractivity contribution in [3.05, 3.63) is 0 Å². The van der Waals surface area contributed by atoms with Gasteiger partial charge >= 0.3 is 5.97 Å². The summed E-state index contributed by atoms with van der Waals surface area (Å²) in [6.45, 7) is 3.88. The second-order valence-electron chi connectivity index (χ2n) is 6.06. The van der Waals surface area contributed by atoms with Crippen LogP contribution >= 0.6 is 0 Å². The highest BCUT2D eigenvalue weighted by molar-refractivity contribution is 5.77. The van der Waals surface area contributed by atoms with E-state index in [1.165, 1.54) is 32.1 Å². The minimum Gasteiger partial charge on any atom is -0.481 e. The van der Waals surface area contributed by atoms with E-state index in [-0.39, 0.29) is 24.3 Å². The van der Waals surface area contributed by atoms with Gasteiger partial charge in [0.2, 0.25) is 5.91 Å². The van der Waals surface area contributed by atoms with Gasteiger partial charge < -0.3 is 10.4 Å². The van der Waals surface area contributed by atoms with Gasteiger partial charge in [0.15, 0.2) is 0 Å². The number of hydrogen-bond acceptors (Lipinski definition) is 2. The van der Waals surface area contributed by atoms with E-state index in [1.54, 1.807) is 0 Å². The quantitative estimate of drug-likeness (QED) is 0.746. The Bertz CT molecular complexity index is 296. The first-order chi connectivity index (χ1) is 8.99. The lowest BCUT2D eigenvalue weighted by Crippen LogP contribution is -2.40. The number of carboxylic acid groups (broad SMARTS) is 1. The molecule has 2 N–H and O–H groups in total. The predicted octanol–water partition coefficient (Wildman–Crippen LogP) is 2.96. The van der Waals surface area contributed by atoms with Gasteiger partial charge in [-0.15, -0.1) is 0 Å². The standard InChI is InChI=1S/C15H27NO3/c1-11(2)13(10-15(18)19)16-14(17)9-8-12-6-4-3-5-7-12/h11-13H,3-10H2,1-2H3,(H,16,17)(H,18,19). The highest BCUT2D eigenvalue weighted by Gasteiger charge is 2.20. The number of rotatable bonds is 7. The van der Waals surface area contributed by atoms with Gasteiger partial charge in [-0.1, -0.05) is 46.0 Å². The van der Waals surface area contributed by atoms with Crippen molar-refractivity contribution in [2.24, 2.45) is 11.8 Å². The summed E-state index contributed by atoms with van der Waals surface area (Å²) in [5, 5.41) is 11.7. The molecule has 1 unspecified atom stereocenters. The van der Waals surface area contributed by atoms with Crippen molar-refractivity contribution >= 4 is 11.9 Å². The Morgan fingerprint density at radius 2 is 1.84 bits per heavy atom. The normalized spacial score (nSPS) is 18.3. The van der Waals surface area contributed by atoms with Crippen molar-refractivity contribution in [3.8, 4) is 0 Å². The Balaban J connectivity index is 2.29. The Hall–Kier alpha value is -1.06. The first-order valence-corrected chi connectivity index (χ1v) is 7.50. The van der Waals surface area contributed by atoms with E-state index in [2.05, 4.69) is 5.32 Å². The van der Waals surface area contributed by atoms with Crippen LogP contribution in [0.3, 0.4) is 0 Å². The first-order valence-electron chi connectivity index (χ1n) is 7.50. The molecule has 1 aliphatic rings. The molecule has 1 amide bonds. The fraction of sp³-hybridized carbons (Fsp3) is 0.867. The Morgan fingerprint density at radius 1 is 1.21 bits per heavy atom. The number of aliphatic carboxylic acids is 1. The number of hydrogen-bond donors (Lipinski definition) is 2. The molecule has 0 aromatic rings. The van der Waals surface area contributed by atoms with Crippen molar-refractivity contribution in [3.63, 3.8) is 0 Å². The number of carbonyl (C=O) groups is 2.